The van der Waals surface area contributed by atoms with E-state index >= 15 is 0 Å². The van der Waals surface area contributed by atoms with Crippen molar-refractivity contribution in [1.29, 1.82) is 0 Å². The molecule has 0 spiro atoms. The number of halogens is 2. The Labute approximate surface area is 420 Å². The van der Waals surface area contributed by atoms with Crippen LogP contribution in [0, 0.1) is 11.6 Å². The van der Waals surface area contributed by atoms with Gasteiger partial charge in [0.2, 0.25) is 10.3 Å². The first-order valence-corrected chi connectivity index (χ1v) is 26.6. The van der Waals surface area contributed by atoms with Gasteiger partial charge in [-0.25, -0.2) is 18.7 Å². The van der Waals surface area contributed by atoms with Gasteiger partial charge in [0, 0.05) is 126 Å². The van der Waals surface area contributed by atoms with Crippen LogP contribution in [0.3, 0.4) is 0 Å². The van der Waals surface area contributed by atoms with Crippen molar-refractivity contribution in [3.8, 4) is 0 Å². The maximum absolute atomic E-state index is 13.1. The Balaban J connectivity index is 0.000000207. The maximum Gasteiger partial charge on any atom is 0.251 e. The summed E-state index contributed by atoms with van der Waals surface area (Å²) < 4.78 is 35.2. The number of carbonyl (C=O) groups excluding carboxylic acids is 2. The molecule has 0 aliphatic carbocycles. The van der Waals surface area contributed by atoms with Crippen molar-refractivity contribution < 1.29 is 18.4 Å². The topological polar surface area (TPSA) is 123 Å². The van der Waals surface area contributed by atoms with Crippen LogP contribution in [0.4, 0.5) is 19.0 Å². The number of benzene rings is 4. The zero-order valence-corrected chi connectivity index (χ0v) is 42.4. The molecule has 4 heterocycles. The molecule has 2 fully saturated rings. The van der Waals surface area contributed by atoms with Gasteiger partial charge < -0.3 is 20.4 Å². The molecule has 2 aromatic heterocycles. The van der Waals surface area contributed by atoms with E-state index in [1.165, 1.54) is 97.0 Å². The second-order valence-corrected chi connectivity index (χ2v) is 19.5. The molecule has 0 radical (unpaired) electrons. The number of unbranched alkanes of at least 4 members (excludes halogenated alkanes) is 4. The Hall–Kier alpha value is -5.68. The fourth-order valence-corrected chi connectivity index (χ4v) is 9.90. The van der Waals surface area contributed by atoms with Crippen molar-refractivity contribution in [2.24, 2.45) is 0 Å². The average Bonchev–Trinajstić information content (AvgIpc) is 4.07. The number of hydrogen-bond acceptors (Lipinski definition) is 12. The summed E-state index contributed by atoms with van der Waals surface area (Å²) in [4.78, 5) is 43.6. The lowest BCUT2D eigenvalue weighted by Gasteiger charge is -2.34. The van der Waals surface area contributed by atoms with E-state index in [0.717, 1.165) is 122 Å². The lowest BCUT2D eigenvalue weighted by atomic mass is 10.0. The first-order chi connectivity index (χ1) is 34.2. The van der Waals surface area contributed by atoms with Crippen LogP contribution in [0.1, 0.15) is 107 Å². The van der Waals surface area contributed by atoms with Gasteiger partial charge in [-0.05, 0) is 96.5 Å². The molecule has 0 bridgehead atoms. The number of hydrogen-bond donors (Lipinski definition) is 2. The van der Waals surface area contributed by atoms with E-state index in [4.69, 9.17) is 4.98 Å². The van der Waals surface area contributed by atoms with Crippen LogP contribution in [0.15, 0.2) is 97.1 Å². The first-order valence-electron chi connectivity index (χ1n) is 25.0. The molecule has 2 aliphatic rings. The van der Waals surface area contributed by atoms with Crippen LogP contribution in [-0.2, 0) is 25.7 Å². The monoisotopic (exact) mass is 990 g/mol. The van der Waals surface area contributed by atoms with E-state index in [2.05, 4.69) is 82.1 Å². The maximum atomic E-state index is 13.1. The summed E-state index contributed by atoms with van der Waals surface area (Å²) in [5, 5.41) is 7.98. The normalized spacial score (nSPS) is 14.3. The van der Waals surface area contributed by atoms with Crippen molar-refractivity contribution in [2.45, 2.75) is 78.1 Å². The quantitative estimate of drug-likeness (QED) is 0.0638. The molecule has 372 valence electrons. The summed E-state index contributed by atoms with van der Waals surface area (Å²) in [6.07, 6.45) is 10.7. The van der Waals surface area contributed by atoms with E-state index in [9.17, 15) is 18.4 Å². The lowest BCUT2D eigenvalue weighted by Crippen LogP contribution is -2.48. The Morgan fingerprint density at radius 2 is 0.886 bits per heavy atom. The standard InChI is InChI=1S/C28H36FN5OS.C26H32FN5OS/c1-2-3-4-5-6-22-7-11-24(12-8-22)27(35)30-15-16-33-17-19-34(20-18-33)28-31-26(32-36-28)21-23-9-13-25(29)14-10-23;1-2-3-4-20-5-9-22(10-6-20)25(33)28-13-14-31-15-17-32(18-16-31)26-29-24(30-34-26)19-21-7-11-23(27)12-8-21/h7-14H,2-6,15-21H2,1H3,(H,30,35);5-12H,2-4,13-19H2,1H3,(H,28,33). The van der Waals surface area contributed by atoms with Gasteiger partial charge in [0.25, 0.3) is 11.8 Å². The number of aromatic nitrogens is 4. The van der Waals surface area contributed by atoms with Crippen molar-refractivity contribution in [3.05, 3.63) is 154 Å². The number of nitrogens with one attached hydrogen (secondary N) is 2. The molecule has 0 saturated carbocycles. The van der Waals surface area contributed by atoms with Crippen molar-refractivity contribution in [1.82, 2.24) is 39.1 Å². The number of piperazine rings is 2. The molecule has 6 aromatic rings. The van der Waals surface area contributed by atoms with Gasteiger partial charge in [-0.1, -0.05) is 88.1 Å². The van der Waals surface area contributed by atoms with Gasteiger partial charge in [0.15, 0.2) is 0 Å². The minimum Gasteiger partial charge on any atom is -0.351 e. The number of carbonyl (C=O) groups is 2. The van der Waals surface area contributed by atoms with E-state index in [0.29, 0.717) is 25.9 Å². The molecule has 0 unspecified atom stereocenters. The summed E-state index contributed by atoms with van der Waals surface area (Å²) in [6, 6.07) is 29.0. The average molecular weight is 991 g/mol. The van der Waals surface area contributed by atoms with Crippen LogP contribution >= 0.6 is 23.1 Å². The third-order valence-electron chi connectivity index (χ3n) is 12.7. The van der Waals surface area contributed by atoms with Gasteiger partial charge in [0.05, 0.1) is 0 Å². The van der Waals surface area contributed by atoms with Gasteiger partial charge in [-0.2, -0.15) is 8.75 Å². The molecule has 4 aromatic carbocycles. The SMILES string of the molecule is CCCCCCc1ccc(C(=O)NCCN2CCN(c3nc(Cc4ccc(F)cc4)ns3)CC2)cc1.CCCCc1ccc(C(=O)NCCN2CCN(c3nc(Cc4ccc(F)cc4)ns3)CC2)cc1. The van der Waals surface area contributed by atoms with Gasteiger partial charge in [-0.15, -0.1) is 0 Å². The molecule has 8 rings (SSSR count). The summed E-state index contributed by atoms with van der Waals surface area (Å²) in [5.41, 5.74) is 6.05. The predicted octanol–water partition coefficient (Wildman–Crippen LogP) is 9.11. The number of nitrogens with zero attached hydrogens (tertiary/aromatic N) is 8. The van der Waals surface area contributed by atoms with E-state index in [1.54, 1.807) is 24.3 Å². The highest BCUT2D eigenvalue weighted by molar-refractivity contribution is 7.10. The molecule has 2 aliphatic heterocycles. The Morgan fingerprint density at radius 1 is 0.500 bits per heavy atom. The van der Waals surface area contributed by atoms with Crippen molar-refractivity contribution in [3.63, 3.8) is 0 Å². The smallest absolute Gasteiger partial charge is 0.251 e. The zero-order chi connectivity index (χ0) is 48.9. The largest absolute Gasteiger partial charge is 0.351 e. The van der Waals surface area contributed by atoms with Crippen LogP contribution < -0.4 is 20.4 Å². The van der Waals surface area contributed by atoms with Crippen molar-refractivity contribution >= 4 is 45.1 Å². The molecule has 2 N–H and O–H groups in total. The van der Waals surface area contributed by atoms with Gasteiger partial charge in [0.1, 0.15) is 23.3 Å². The highest BCUT2D eigenvalue weighted by Gasteiger charge is 2.22. The summed E-state index contributed by atoms with van der Waals surface area (Å²) in [5.74, 6) is 1.07. The lowest BCUT2D eigenvalue weighted by molar-refractivity contribution is 0.0939. The predicted molar refractivity (Wildman–Crippen MR) is 280 cm³/mol. The molecular formula is C54H68F2N10O2S2. The zero-order valence-electron chi connectivity index (χ0n) is 40.8. The molecule has 0 atom stereocenters. The van der Waals surface area contributed by atoms with Gasteiger partial charge >= 0.3 is 0 Å². The number of amides is 2. The summed E-state index contributed by atoms with van der Waals surface area (Å²) >= 11 is 2.84. The molecule has 70 heavy (non-hydrogen) atoms. The third kappa shape index (κ3) is 16.7. The third-order valence-corrected chi connectivity index (χ3v) is 14.4. The molecule has 2 saturated heterocycles. The first kappa shape index (κ1) is 52.2. The minimum atomic E-state index is -0.232. The van der Waals surface area contributed by atoms with Crippen LogP contribution in [0.5, 0.6) is 0 Å². The van der Waals surface area contributed by atoms with Crippen LogP contribution in [0.2, 0.25) is 0 Å². The fourth-order valence-electron chi connectivity index (χ4n) is 8.43. The highest BCUT2D eigenvalue weighted by Crippen LogP contribution is 2.22. The second kappa shape index (κ2) is 27.6. The second-order valence-electron chi connectivity index (χ2n) is 18.1. The minimum absolute atomic E-state index is 0.00582. The molecule has 2 amide bonds. The number of aryl methyl sites for hydroxylation is 2. The van der Waals surface area contributed by atoms with E-state index < -0.39 is 0 Å². The Morgan fingerprint density at radius 3 is 1.29 bits per heavy atom. The van der Waals surface area contributed by atoms with Crippen molar-refractivity contribution in [2.75, 3.05) is 88.3 Å². The number of anilines is 2. The van der Waals surface area contributed by atoms with Crippen LogP contribution in [0.25, 0.3) is 0 Å². The van der Waals surface area contributed by atoms with Crippen LogP contribution in [-0.4, -0.2) is 119 Å². The number of rotatable bonds is 22. The molecule has 16 heteroatoms. The Bertz CT molecular complexity index is 2470. The highest BCUT2D eigenvalue weighted by atomic mass is 32.1. The molecule has 12 nitrogen and oxygen atoms in total. The fraction of sp³-hybridized carbons (Fsp3) is 0.444. The van der Waals surface area contributed by atoms with E-state index in [1.807, 2.05) is 24.3 Å². The summed E-state index contributed by atoms with van der Waals surface area (Å²) in [7, 11) is 0. The summed E-state index contributed by atoms with van der Waals surface area (Å²) in [6.45, 7) is 14.6. The van der Waals surface area contributed by atoms with E-state index in [-0.39, 0.29) is 23.4 Å². The van der Waals surface area contributed by atoms with Gasteiger partial charge in [-0.3, -0.25) is 19.4 Å². The Kier molecular flexibility index (Phi) is 20.6. The molecular weight excluding hydrogens is 923 g/mol.